The van der Waals surface area contributed by atoms with Crippen molar-refractivity contribution < 1.29 is 18.3 Å². The smallest absolute Gasteiger partial charge is 0.389 e. The summed E-state index contributed by atoms with van der Waals surface area (Å²) in [7, 11) is 0. The number of hydrogen-bond acceptors (Lipinski definition) is 3. The van der Waals surface area contributed by atoms with Crippen LogP contribution in [0.4, 0.5) is 13.2 Å². The minimum Gasteiger partial charge on any atom is -0.389 e. The largest absolute Gasteiger partial charge is 0.435 e. The number of aromatic nitrogens is 2. The number of alkyl halides is 3. The summed E-state index contributed by atoms with van der Waals surface area (Å²) in [5, 5.41) is 18.8. The fourth-order valence-electron chi connectivity index (χ4n) is 2.02. The molecule has 1 aromatic rings. The third-order valence-electron chi connectivity index (χ3n) is 2.98. The summed E-state index contributed by atoms with van der Waals surface area (Å²) < 4.78 is 37.0. The highest BCUT2D eigenvalue weighted by Gasteiger charge is 2.35. The maximum Gasteiger partial charge on any atom is 0.435 e. The Morgan fingerprint density at radius 2 is 2.00 bits per heavy atom. The molecule has 4 nitrogen and oxygen atoms in total. The highest BCUT2D eigenvalue weighted by Crippen LogP contribution is 2.29. The van der Waals surface area contributed by atoms with Gasteiger partial charge in [0.1, 0.15) is 0 Å². The van der Waals surface area contributed by atoms with Gasteiger partial charge in [-0.15, -0.1) is 0 Å². The molecule has 0 saturated carbocycles. The van der Waals surface area contributed by atoms with Crippen molar-refractivity contribution in [3.8, 4) is 0 Å². The van der Waals surface area contributed by atoms with Gasteiger partial charge in [-0.05, 0) is 32.0 Å². The SMILES string of the molecule is OC1(Cc2cc(C(F)(F)F)n[nH]2)CCNCC1. The number of H-pyrrole nitrogens is 1. The standard InChI is InChI=1S/C10H14F3N3O/c11-10(12,13)8-5-7(15-16-8)6-9(17)1-3-14-4-2-9/h5,14,17H,1-4,6H2,(H,15,16). The third-order valence-corrected chi connectivity index (χ3v) is 2.98. The molecule has 0 aliphatic carbocycles. The van der Waals surface area contributed by atoms with Crippen LogP contribution < -0.4 is 5.32 Å². The molecule has 0 spiro atoms. The molecule has 0 atom stereocenters. The van der Waals surface area contributed by atoms with Crippen molar-refractivity contribution in [3.63, 3.8) is 0 Å². The van der Waals surface area contributed by atoms with Crippen LogP contribution in [0.25, 0.3) is 0 Å². The minimum atomic E-state index is -4.44. The van der Waals surface area contributed by atoms with Crippen molar-refractivity contribution in [2.24, 2.45) is 0 Å². The second-order valence-corrected chi connectivity index (χ2v) is 4.43. The highest BCUT2D eigenvalue weighted by atomic mass is 19.4. The first-order chi connectivity index (χ1) is 7.89. The number of halogens is 3. The Bertz CT molecular complexity index is 382. The Hall–Kier alpha value is -1.08. The van der Waals surface area contributed by atoms with E-state index >= 15 is 0 Å². The normalized spacial score (nSPS) is 20.5. The van der Waals surface area contributed by atoms with Crippen LogP contribution in [-0.4, -0.2) is 34.0 Å². The van der Waals surface area contributed by atoms with Gasteiger partial charge in [-0.1, -0.05) is 0 Å². The first kappa shape index (κ1) is 12.4. The zero-order valence-corrected chi connectivity index (χ0v) is 9.14. The molecule has 0 unspecified atom stereocenters. The number of aromatic amines is 1. The summed E-state index contributed by atoms with van der Waals surface area (Å²) in [4.78, 5) is 0. The molecular weight excluding hydrogens is 235 g/mol. The zero-order valence-electron chi connectivity index (χ0n) is 9.14. The molecule has 1 fully saturated rings. The van der Waals surface area contributed by atoms with E-state index in [2.05, 4.69) is 15.5 Å². The lowest BCUT2D eigenvalue weighted by Gasteiger charge is -2.32. The Labute approximate surface area is 96.2 Å². The highest BCUT2D eigenvalue weighted by molar-refractivity contribution is 5.14. The van der Waals surface area contributed by atoms with E-state index in [1.807, 2.05) is 0 Å². The molecule has 1 aromatic heterocycles. The third kappa shape index (κ3) is 2.98. The van der Waals surface area contributed by atoms with E-state index in [-0.39, 0.29) is 6.42 Å². The van der Waals surface area contributed by atoms with Gasteiger partial charge in [-0.2, -0.15) is 18.3 Å². The fourth-order valence-corrected chi connectivity index (χ4v) is 2.02. The Balaban J connectivity index is 2.06. The van der Waals surface area contributed by atoms with Crippen molar-refractivity contribution in [1.82, 2.24) is 15.5 Å². The molecule has 0 radical (unpaired) electrons. The van der Waals surface area contributed by atoms with Gasteiger partial charge in [0.2, 0.25) is 0 Å². The van der Waals surface area contributed by atoms with E-state index in [0.717, 1.165) is 6.07 Å². The molecule has 96 valence electrons. The zero-order chi connectivity index (χ0) is 12.5. The van der Waals surface area contributed by atoms with Crippen molar-refractivity contribution >= 4 is 0 Å². The molecule has 17 heavy (non-hydrogen) atoms. The number of nitrogens with one attached hydrogen (secondary N) is 2. The second kappa shape index (κ2) is 4.30. The summed E-state index contributed by atoms with van der Waals surface area (Å²) in [5.74, 6) is 0. The molecule has 1 aliphatic rings. The Morgan fingerprint density at radius 3 is 2.53 bits per heavy atom. The Kier molecular flexibility index (Phi) is 3.13. The van der Waals surface area contributed by atoms with E-state index < -0.39 is 17.5 Å². The summed E-state index contributed by atoms with van der Waals surface area (Å²) in [6, 6.07) is 0.958. The van der Waals surface area contributed by atoms with Gasteiger partial charge in [0.25, 0.3) is 0 Å². The van der Waals surface area contributed by atoms with Crippen molar-refractivity contribution in [2.45, 2.75) is 31.0 Å². The van der Waals surface area contributed by atoms with E-state index in [4.69, 9.17) is 0 Å². The van der Waals surface area contributed by atoms with Gasteiger partial charge in [0.05, 0.1) is 5.60 Å². The van der Waals surface area contributed by atoms with Crippen LogP contribution in [0.2, 0.25) is 0 Å². The van der Waals surface area contributed by atoms with Crippen molar-refractivity contribution in [1.29, 1.82) is 0 Å². The predicted molar refractivity (Wildman–Crippen MR) is 54.3 cm³/mol. The van der Waals surface area contributed by atoms with Crippen LogP contribution in [0.5, 0.6) is 0 Å². The van der Waals surface area contributed by atoms with Gasteiger partial charge in [0, 0.05) is 12.1 Å². The minimum absolute atomic E-state index is 0.178. The molecular formula is C10H14F3N3O. The van der Waals surface area contributed by atoms with Crippen LogP contribution >= 0.6 is 0 Å². The average molecular weight is 249 g/mol. The molecule has 3 N–H and O–H groups in total. The van der Waals surface area contributed by atoms with E-state index in [9.17, 15) is 18.3 Å². The molecule has 2 heterocycles. The quantitative estimate of drug-likeness (QED) is 0.735. The van der Waals surface area contributed by atoms with Gasteiger partial charge in [-0.3, -0.25) is 5.10 Å². The average Bonchev–Trinajstić information content (AvgIpc) is 2.66. The molecule has 1 aliphatic heterocycles. The Morgan fingerprint density at radius 1 is 1.35 bits per heavy atom. The fraction of sp³-hybridized carbons (Fsp3) is 0.700. The number of nitrogens with zero attached hydrogens (tertiary/aromatic N) is 1. The number of piperidine rings is 1. The van der Waals surface area contributed by atoms with Crippen LogP contribution in [-0.2, 0) is 12.6 Å². The van der Waals surface area contributed by atoms with Crippen molar-refractivity contribution in [3.05, 3.63) is 17.5 Å². The molecule has 0 bridgehead atoms. The summed E-state index contributed by atoms with van der Waals surface area (Å²) in [5.41, 5.74) is -1.55. The lowest BCUT2D eigenvalue weighted by atomic mass is 9.88. The summed E-state index contributed by atoms with van der Waals surface area (Å²) in [6.45, 7) is 1.35. The predicted octanol–water partition coefficient (Wildman–Crippen LogP) is 1.09. The van der Waals surface area contributed by atoms with Gasteiger partial charge >= 0.3 is 6.18 Å². The maximum absolute atomic E-state index is 12.3. The number of rotatable bonds is 2. The van der Waals surface area contributed by atoms with Gasteiger partial charge in [-0.25, -0.2) is 0 Å². The van der Waals surface area contributed by atoms with Crippen molar-refractivity contribution in [2.75, 3.05) is 13.1 Å². The summed E-state index contributed by atoms with van der Waals surface area (Å²) in [6.07, 6.45) is -3.19. The van der Waals surface area contributed by atoms with E-state index in [1.54, 1.807) is 0 Å². The van der Waals surface area contributed by atoms with Crippen LogP contribution in [0.15, 0.2) is 6.07 Å². The van der Waals surface area contributed by atoms with Crippen LogP contribution in [0, 0.1) is 0 Å². The number of hydrogen-bond donors (Lipinski definition) is 3. The molecule has 2 rings (SSSR count). The summed E-state index contributed by atoms with van der Waals surface area (Å²) >= 11 is 0. The molecule has 0 aromatic carbocycles. The van der Waals surface area contributed by atoms with Crippen LogP contribution in [0.3, 0.4) is 0 Å². The maximum atomic E-state index is 12.3. The first-order valence-corrected chi connectivity index (χ1v) is 5.44. The van der Waals surface area contributed by atoms with Gasteiger partial charge < -0.3 is 10.4 Å². The molecule has 1 saturated heterocycles. The van der Waals surface area contributed by atoms with E-state index in [0.29, 0.717) is 31.6 Å². The van der Waals surface area contributed by atoms with Crippen LogP contribution in [0.1, 0.15) is 24.2 Å². The van der Waals surface area contributed by atoms with E-state index in [1.165, 1.54) is 0 Å². The lowest BCUT2D eigenvalue weighted by Crippen LogP contribution is -2.43. The molecule has 7 heteroatoms. The molecule has 0 amide bonds. The first-order valence-electron chi connectivity index (χ1n) is 5.44. The second-order valence-electron chi connectivity index (χ2n) is 4.43. The number of aliphatic hydroxyl groups is 1. The van der Waals surface area contributed by atoms with Gasteiger partial charge in [0.15, 0.2) is 5.69 Å². The topological polar surface area (TPSA) is 60.9 Å². The lowest BCUT2D eigenvalue weighted by molar-refractivity contribution is -0.141. The monoisotopic (exact) mass is 249 g/mol.